The van der Waals surface area contributed by atoms with Crippen molar-refractivity contribution in [1.29, 1.82) is 0 Å². The van der Waals surface area contributed by atoms with Crippen LogP contribution in [0.1, 0.15) is 39.0 Å². The van der Waals surface area contributed by atoms with Gasteiger partial charge >= 0.3 is 0 Å². The van der Waals surface area contributed by atoms with E-state index in [1.54, 1.807) is 0 Å². The van der Waals surface area contributed by atoms with Gasteiger partial charge in [0.15, 0.2) is 0 Å². The Labute approximate surface area is 113 Å². The molecule has 18 heavy (non-hydrogen) atoms. The predicted molar refractivity (Wildman–Crippen MR) is 77.7 cm³/mol. The van der Waals surface area contributed by atoms with Crippen LogP contribution in [-0.2, 0) is 0 Å². The highest BCUT2D eigenvalue weighted by Crippen LogP contribution is 2.25. The van der Waals surface area contributed by atoms with Gasteiger partial charge in [0.1, 0.15) is 0 Å². The molecule has 3 heteroatoms. The minimum absolute atomic E-state index is 0.782. The van der Waals surface area contributed by atoms with Crippen molar-refractivity contribution >= 4 is 0 Å². The molecule has 2 aliphatic heterocycles. The molecule has 2 fully saturated rings. The number of hydrogen-bond donors (Lipinski definition) is 1. The van der Waals surface area contributed by atoms with Gasteiger partial charge in [-0.15, -0.1) is 0 Å². The fourth-order valence-electron chi connectivity index (χ4n) is 3.66. The molecule has 0 aromatic carbocycles. The standard InChI is InChI=1S/C15H31N3/c1-2-14-13-18(11-6-15(14)12-16)10-5-9-17-7-3-4-8-17/h14-15H,2-13,16H2,1H3. The van der Waals surface area contributed by atoms with Crippen LogP contribution in [0.4, 0.5) is 0 Å². The lowest BCUT2D eigenvalue weighted by Gasteiger charge is -2.38. The maximum absolute atomic E-state index is 5.87. The van der Waals surface area contributed by atoms with Gasteiger partial charge in [0.2, 0.25) is 0 Å². The number of rotatable bonds is 6. The van der Waals surface area contributed by atoms with E-state index < -0.39 is 0 Å². The summed E-state index contributed by atoms with van der Waals surface area (Å²) in [5.41, 5.74) is 5.87. The molecule has 0 bridgehead atoms. The Balaban J connectivity index is 1.64. The second-order valence-electron chi connectivity index (χ2n) is 6.16. The minimum Gasteiger partial charge on any atom is -0.330 e. The van der Waals surface area contributed by atoms with Gasteiger partial charge in [-0.1, -0.05) is 13.3 Å². The summed E-state index contributed by atoms with van der Waals surface area (Å²) in [7, 11) is 0. The van der Waals surface area contributed by atoms with Gasteiger partial charge in [-0.25, -0.2) is 0 Å². The first-order chi connectivity index (χ1) is 8.83. The first kappa shape index (κ1) is 14.3. The Hall–Kier alpha value is -0.120. The average Bonchev–Trinajstić information content (AvgIpc) is 2.91. The molecule has 2 atom stereocenters. The number of hydrogen-bond acceptors (Lipinski definition) is 3. The van der Waals surface area contributed by atoms with Crippen LogP contribution in [0, 0.1) is 11.8 Å². The van der Waals surface area contributed by atoms with Crippen LogP contribution >= 0.6 is 0 Å². The molecular formula is C15H31N3. The molecule has 106 valence electrons. The van der Waals surface area contributed by atoms with Crippen LogP contribution in [-0.4, -0.2) is 55.6 Å². The van der Waals surface area contributed by atoms with E-state index in [2.05, 4.69) is 16.7 Å². The molecule has 2 N–H and O–H groups in total. The third-order valence-corrected chi connectivity index (χ3v) is 4.95. The largest absolute Gasteiger partial charge is 0.330 e. The van der Waals surface area contributed by atoms with E-state index in [-0.39, 0.29) is 0 Å². The molecule has 2 saturated heterocycles. The highest BCUT2D eigenvalue weighted by molar-refractivity contribution is 4.80. The maximum atomic E-state index is 5.87. The first-order valence-electron chi connectivity index (χ1n) is 7.98. The van der Waals surface area contributed by atoms with Gasteiger partial charge in [0, 0.05) is 6.54 Å². The lowest BCUT2D eigenvalue weighted by molar-refractivity contribution is 0.115. The fraction of sp³-hybridized carbons (Fsp3) is 1.00. The summed E-state index contributed by atoms with van der Waals surface area (Å²) in [6.07, 6.45) is 6.80. The number of nitrogens with two attached hydrogens (primary N) is 1. The normalized spacial score (nSPS) is 31.0. The van der Waals surface area contributed by atoms with E-state index in [4.69, 9.17) is 5.73 Å². The Kier molecular flexibility index (Phi) is 5.93. The van der Waals surface area contributed by atoms with E-state index >= 15 is 0 Å². The highest BCUT2D eigenvalue weighted by Gasteiger charge is 2.26. The van der Waals surface area contributed by atoms with Crippen molar-refractivity contribution in [1.82, 2.24) is 9.80 Å². The quantitative estimate of drug-likeness (QED) is 0.783. The second kappa shape index (κ2) is 7.46. The molecule has 0 aliphatic carbocycles. The average molecular weight is 253 g/mol. The van der Waals surface area contributed by atoms with Crippen molar-refractivity contribution in [3.63, 3.8) is 0 Å². The van der Waals surface area contributed by atoms with Crippen LogP contribution in [0.25, 0.3) is 0 Å². The molecule has 0 radical (unpaired) electrons. The smallest absolute Gasteiger partial charge is 0.00127 e. The van der Waals surface area contributed by atoms with Gasteiger partial charge in [-0.05, 0) is 76.8 Å². The Morgan fingerprint density at radius 1 is 1.00 bits per heavy atom. The summed E-state index contributed by atoms with van der Waals surface area (Å²) in [6, 6.07) is 0. The number of likely N-dealkylation sites (tertiary alicyclic amines) is 2. The van der Waals surface area contributed by atoms with Gasteiger partial charge in [0.05, 0.1) is 0 Å². The molecule has 2 aliphatic rings. The Bertz CT molecular complexity index is 226. The summed E-state index contributed by atoms with van der Waals surface area (Å²) in [5.74, 6) is 1.63. The zero-order valence-electron chi connectivity index (χ0n) is 12.1. The van der Waals surface area contributed by atoms with Crippen LogP contribution in [0.15, 0.2) is 0 Å². The van der Waals surface area contributed by atoms with E-state index in [0.717, 1.165) is 18.4 Å². The van der Waals surface area contributed by atoms with Crippen LogP contribution in [0.2, 0.25) is 0 Å². The third kappa shape index (κ3) is 3.94. The van der Waals surface area contributed by atoms with Crippen molar-refractivity contribution in [3.05, 3.63) is 0 Å². The zero-order valence-corrected chi connectivity index (χ0v) is 12.1. The number of nitrogens with zero attached hydrogens (tertiary/aromatic N) is 2. The summed E-state index contributed by atoms with van der Waals surface area (Å²) in [5, 5.41) is 0. The van der Waals surface area contributed by atoms with Crippen molar-refractivity contribution in [2.45, 2.75) is 39.0 Å². The minimum atomic E-state index is 0.782. The van der Waals surface area contributed by atoms with Crippen molar-refractivity contribution in [2.24, 2.45) is 17.6 Å². The molecule has 2 rings (SSSR count). The predicted octanol–water partition coefficient (Wildman–Crippen LogP) is 1.78. The highest BCUT2D eigenvalue weighted by atomic mass is 15.2. The number of piperidine rings is 1. The molecule has 0 spiro atoms. The SMILES string of the molecule is CCC1CN(CCCN2CCCC2)CCC1CN. The maximum Gasteiger partial charge on any atom is 0.00127 e. The van der Waals surface area contributed by atoms with E-state index in [1.165, 1.54) is 71.4 Å². The topological polar surface area (TPSA) is 32.5 Å². The van der Waals surface area contributed by atoms with Gasteiger partial charge in [-0.3, -0.25) is 0 Å². The van der Waals surface area contributed by atoms with Gasteiger partial charge < -0.3 is 15.5 Å². The van der Waals surface area contributed by atoms with Crippen molar-refractivity contribution in [3.8, 4) is 0 Å². The molecule has 2 heterocycles. The molecule has 0 aromatic rings. The first-order valence-corrected chi connectivity index (χ1v) is 7.98. The fourth-order valence-corrected chi connectivity index (χ4v) is 3.66. The van der Waals surface area contributed by atoms with E-state index in [9.17, 15) is 0 Å². The lowest BCUT2D eigenvalue weighted by Crippen LogP contribution is -2.43. The molecule has 2 unspecified atom stereocenters. The Morgan fingerprint density at radius 3 is 2.39 bits per heavy atom. The second-order valence-corrected chi connectivity index (χ2v) is 6.16. The van der Waals surface area contributed by atoms with Crippen LogP contribution in [0.3, 0.4) is 0 Å². The van der Waals surface area contributed by atoms with Crippen molar-refractivity contribution < 1.29 is 0 Å². The van der Waals surface area contributed by atoms with Gasteiger partial charge in [0.25, 0.3) is 0 Å². The molecule has 0 amide bonds. The van der Waals surface area contributed by atoms with Crippen molar-refractivity contribution in [2.75, 3.05) is 45.8 Å². The lowest BCUT2D eigenvalue weighted by atomic mass is 9.84. The monoisotopic (exact) mass is 253 g/mol. The zero-order chi connectivity index (χ0) is 12.8. The summed E-state index contributed by atoms with van der Waals surface area (Å²) < 4.78 is 0. The molecule has 3 nitrogen and oxygen atoms in total. The van der Waals surface area contributed by atoms with Crippen LogP contribution < -0.4 is 5.73 Å². The molecular weight excluding hydrogens is 222 g/mol. The summed E-state index contributed by atoms with van der Waals surface area (Å²) in [4.78, 5) is 5.31. The van der Waals surface area contributed by atoms with E-state index in [0.29, 0.717) is 0 Å². The summed E-state index contributed by atoms with van der Waals surface area (Å²) in [6.45, 7) is 11.1. The molecule has 0 saturated carbocycles. The van der Waals surface area contributed by atoms with E-state index in [1.807, 2.05) is 0 Å². The van der Waals surface area contributed by atoms with Crippen LogP contribution in [0.5, 0.6) is 0 Å². The Morgan fingerprint density at radius 2 is 1.72 bits per heavy atom. The summed E-state index contributed by atoms with van der Waals surface area (Å²) >= 11 is 0. The third-order valence-electron chi connectivity index (χ3n) is 4.95. The van der Waals surface area contributed by atoms with Gasteiger partial charge in [-0.2, -0.15) is 0 Å². The molecule has 0 aromatic heterocycles.